The van der Waals surface area contributed by atoms with E-state index in [0.29, 0.717) is 6.04 Å². The van der Waals surface area contributed by atoms with E-state index >= 15 is 0 Å². The normalized spacial score (nSPS) is 21.2. The molecular weight excluding hydrogens is 362 g/mol. The second-order valence-corrected chi connectivity index (χ2v) is 8.72. The monoisotopic (exact) mass is 385 g/mol. The van der Waals surface area contributed by atoms with Crippen molar-refractivity contribution in [1.82, 2.24) is 24.2 Å². The molecule has 2 aliphatic heterocycles. The number of benzene rings is 1. The molecule has 1 saturated heterocycles. The Bertz CT molecular complexity index is 952. The lowest BCUT2D eigenvalue weighted by Crippen LogP contribution is -2.27. The van der Waals surface area contributed by atoms with Gasteiger partial charge in [-0.25, -0.2) is 9.67 Å². The number of fused-ring (bicyclic) bond motifs is 2. The van der Waals surface area contributed by atoms with E-state index in [4.69, 9.17) is 22.3 Å². The largest absolute Gasteiger partial charge is 0.304 e. The van der Waals surface area contributed by atoms with Crippen LogP contribution in [0.1, 0.15) is 49.0 Å². The van der Waals surface area contributed by atoms with Crippen molar-refractivity contribution in [3.05, 3.63) is 39.9 Å². The summed E-state index contributed by atoms with van der Waals surface area (Å²) in [6, 6.07) is 8.82. The minimum atomic E-state index is 0.385. The highest BCUT2D eigenvalue weighted by atomic mass is 32.1. The lowest BCUT2D eigenvalue weighted by molar-refractivity contribution is 0.189. The van der Waals surface area contributed by atoms with Crippen molar-refractivity contribution in [2.75, 3.05) is 6.54 Å². The lowest BCUT2D eigenvalue weighted by Gasteiger charge is -2.22. The molecule has 3 aromatic rings. The fourth-order valence-electron chi connectivity index (χ4n) is 4.20. The van der Waals surface area contributed by atoms with Crippen LogP contribution in [-0.2, 0) is 19.6 Å². The van der Waals surface area contributed by atoms with Crippen LogP contribution in [0.4, 0.5) is 0 Å². The summed E-state index contributed by atoms with van der Waals surface area (Å²) < 4.78 is 6.46. The van der Waals surface area contributed by atoms with Gasteiger partial charge in [-0.1, -0.05) is 18.6 Å². The fraction of sp³-hybridized carbons (Fsp3) is 0.526. The van der Waals surface area contributed by atoms with Crippen molar-refractivity contribution in [1.29, 1.82) is 0 Å². The van der Waals surface area contributed by atoms with Crippen molar-refractivity contribution in [3.63, 3.8) is 0 Å². The molecule has 0 bridgehead atoms. The summed E-state index contributed by atoms with van der Waals surface area (Å²) in [5, 5.41) is 6.09. The molecule has 0 unspecified atom stereocenters. The van der Waals surface area contributed by atoms with Gasteiger partial charge in [0.2, 0.25) is 0 Å². The molecule has 5 rings (SSSR count). The van der Waals surface area contributed by atoms with Gasteiger partial charge in [0.05, 0.1) is 22.9 Å². The Morgan fingerprint density at radius 2 is 2.04 bits per heavy atom. The maximum Gasteiger partial charge on any atom is 0.199 e. The molecule has 0 aliphatic carbocycles. The van der Waals surface area contributed by atoms with Gasteiger partial charge in [0.1, 0.15) is 10.8 Å². The second-order valence-electron chi connectivity index (χ2n) is 7.29. The predicted molar refractivity (Wildman–Crippen MR) is 107 cm³/mol. The first-order valence-electron chi connectivity index (χ1n) is 9.55. The summed E-state index contributed by atoms with van der Waals surface area (Å²) in [6.45, 7) is 2.89. The molecule has 0 spiro atoms. The van der Waals surface area contributed by atoms with E-state index in [1.807, 2.05) is 16.0 Å². The average Bonchev–Trinajstić information content (AvgIpc) is 3.30. The Labute approximate surface area is 162 Å². The molecule has 1 fully saturated rings. The van der Waals surface area contributed by atoms with Gasteiger partial charge in [-0.15, -0.1) is 11.3 Å². The molecule has 1 atom stereocenters. The SMILES string of the molecule is S=c1n(CN2CCC[C@@H]2c2nc3ccccc3s2)nc2n1CCCCC2. The van der Waals surface area contributed by atoms with Gasteiger partial charge < -0.3 is 4.57 Å². The molecule has 0 radical (unpaired) electrons. The number of hydrogen-bond acceptors (Lipinski definition) is 5. The fourth-order valence-corrected chi connectivity index (χ4v) is 5.63. The van der Waals surface area contributed by atoms with Crippen LogP contribution in [0.2, 0.25) is 0 Å². The zero-order valence-electron chi connectivity index (χ0n) is 14.8. The Morgan fingerprint density at radius 1 is 1.12 bits per heavy atom. The van der Waals surface area contributed by atoms with Crippen molar-refractivity contribution in [2.45, 2.75) is 57.8 Å². The number of hydrogen-bond donors (Lipinski definition) is 0. The number of likely N-dealkylation sites (tertiary alicyclic amines) is 1. The van der Waals surface area contributed by atoms with Crippen LogP contribution < -0.4 is 0 Å². The minimum absolute atomic E-state index is 0.385. The van der Waals surface area contributed by atoms with Gasteiger partial charge in [-0.05, 0) is 50.0 Å². The van der Waals surface area contributed by atoms with Crippen LogP contribution in [0.15, 0.2) is 24.3 Å². The maximum atomic E-state index is 5.74. The molecule has 2 aromatic heterocycles. The molecule has 136 valence electrons. The molecule has 0 saturated carbocycles. The molecule has 5 nitrogen and oxygen atoms in total. The van der Waals surface area contributed by atoms with Crippen LogP contribution >= 0.6 is 23.6 Å². The first-order chi connectivity index (χ1) is 12.8. The molecule has 0 N–H and O–H groups in total. The zero-order chi connectivity index (χ0) is 17.5. The van der Waals surface area contributed by atoms with Gasteiger partial charge in [0, 0.05) is 19.5 Å². The molecular formula is C19H23N5S2. The van der Waals surface area contributed by atoms with E-state index in [1.54, 1.807) is 0 Å². The molecule has 7 heteroatoms. The Kier molecular flexibility index (Phi) is 4.38. The van der Waals surface area contributed by atoms with Crippen molar-refractivity contribution < 1.29 is 0 Å². The molecule has 26 heavy (non-hydrogen) atoms. The first-order valence-corrected chi connectivity index (χ1v) is 10.8. The van der Waals surface area contributed by atoms with E-state index in [0.717, 1.165) is 36.5 Å². The van der Waals surface area contributed by atoms with Gasteiger partial charge in [0.25, 0.3) is 0 Å². The van der Waals surface area contributed by atoms with Crippen molar-refractivity contribution >= 4 is 33.8 Å². The summed E-state index contributed by atoms with van der Waals surface area (Å²) in [4.78, 5) is 7.40. The minimum Gasteiger partial charge on any atom is -0.304 e. The third-order valence-corrected chi connectivity index (χ3v) is 7.13. The van der Waals surface area contributed by atoms with E-state index in [1.165, 1.54) is 47.6 Å². The van der Waals surface area contributed by atoms with Crippen LogP contribution in [0, 0.1) is 4.77 Å². The van der Waals surface area contributed by atoms with Crippen LogP contribution in [0.25, 0.3) is 10.2 Å². The van der Waals surface area contributed by atoms with E-state index in [9.17, 15) is 0 Å². The predicted octanol–water partition coefficient (Wildman–Crippen LogP) is 4.54. The summed E-state index contributed by atoms with van der Waals surface area (Å²) in [5.41, 5.74) is 1.12. The van der Waals surface area contributed by atoms with E-state index in [2.05, 4.69) is 33.7 Å². The average molecular weight is 386 g/mol. The lowest BCUT2D eigenvalue weighted by atomic mass is 10.2. The standard InChI is InChI=1S/C19H23N5S2/c25-19-23-12-5-1-2-10-17(23)21-24(19)13-22-11-6-8-15(22)18-20-14-7-3-4-9-16(14)26-18/h3-4,7,9,15H,1-2,5-6,8,10-13H2/t15-/m1/s1. The second kappa shape index (κ2) is 6.87. The van der Waals surface area contributed by atoms with Crippen molar-refractivity contribution in [3.8, 4) is 0 Å². The summed E-state index contributed by atoms with van der Waals surface area (Å²) >= 11 is 7.57. The first kappa shape index (κ1) is 16.6. The number of para-hydroxylation sites is 1. The van der Waals surface area contributed by atoms with E-state index in [-0.39, 0.29) is 0 Å². The van der Waals surface area contributed by atoms with Gasteiger partial charge in [0.15, 0.2) is 4.77 Å². The van der Waals surface area contributed by atoms with Crippen LogP contribution in [0.5, 0.6) is 0 Å². The third kappa shape index (κ3) is 2.92. The number of nitrogens with zero attached hydrogens (tertiary/aromatic N) is 5. The number of aryl methyl sites for hydroxylation is 1. The van der Waals surface area contributed by atoms with Gasteiger partial charge >= 0.3 is 0 Å². The summed E-state index contributed by atoms with van der Waals surface area (Å²) in [7, 11) is 0. The Balaban J connectivity index is 1.42. The number of aromatic nitrogens is 4. The smallest absolute Gasteiger partial charge is 0.199 e. The number of rotatable bonds is 3. The van der Waals surface area contributed by atoms with Gasteiger partial charge in [-0.2, -0.15) is 5.10 Å². The summed E-state index contributed by atoms with van der Waals surface area (Å²) in [5.74, 6) is 1.17. The number of thiazole rings is 1. The highest BCUT2D eigenvalue weighted by Gasteiger charge is 2.29. The Morgan fingerprint density at radius 3 is 2.96 bits per heavy atom. The maximum absolute atomic E-state index is 5.74. The zero-order valence-corrected chi connectivity index (χ0v) is 16.4. The topological polar surface area (TPSA) is 38.9 Å². The van der Waals surface area contributed by atoms with Crippen molar-refractivity contribution in [2.24, 2.45) is 0 Å². The Hall–Kier alpha value is -1.57. The molecule has 0 amide bonds. The molecule has 1 aromatic carbocycles. The third-order valence-electron chi connectivity index (χ3n) is 5.56. The highest BCUT2D eigenvalue weighted by Crippen LogP contribution is 2.36. The van der Waals surface area contributed by atoms with Crippen LogP contribution in [0.3, 0.4) is 0 Å². The van der Waals surface area contributed by atoms with E-state index < -0.39 is 0 Å². The quantitative estimate of drug-likeness (QED) is 0.620. The molecule has 4 heterocycles. The summed E-state index contributed by atoms with van der Waals surface area (Å²) in [6.07, 6.45) is 7.15. The molecule has 2 aliphatic rings. The highest BCUT2D eigenvalue weighted by molar-refractivity contribution is 7.71. The van der Waals surface area contributed by atoms with Gasteiger partial charge in [-0.3, -0.25) is 4.90 Å². The van der Waals surface area contributed by atoms with Crippen LogP contribution in [-0.4, -0.2) is 30.8 Å².